The normalized spacial score (nSPS) is 30.9. The molecule has 0 spiro atoms. The summed E-state index contributed by atoms with van der Waals surface area (Å²) >= 11 is 12.0. The van der Waals surface area contributed by atoms with Gasteiger partial charge in [0.05, 0.1) is 21.7 Å². The number of allylic oxidation sites excluding steroid dienone is 2. The Morgan fingerprint density at radius 3 is 2.37 bits per heavy atom. The molecule has 1 saturated carbocycles. The van der Waals surface area contributed by atoms with Crippen LogP contribution in [0.5, 0.6) is 0 Å². The fourth-order valence-corrected chi connectivity index (χ4v) is 6.05. The van der Waals surface area contributed by atoms with E-state index >= 15 is 0 Å². The third kappa shape index (κ3) is 2.67. The Kier molecular flexibility index (Phi) is 4.35. The Labute approximate surface area is 184 Å². The predicted octanol–water partition coefficient (Wildman–Crippen LogP) is 3.17. The van der Waals surface area contributed by atoms with Crippen molar-refractivity contribution in [3.05, 3.63) is 56.0 Å². The summed E-state index contributed by atoms with van der Waals surface area (Å²) in [7, 11) is 0. The van der Waals surface area contributed by atoms with Crippen LogP contribution in [0, 0.1) is 33.8 Å². The first kappa shape index (κ1) is 19.4. The van der Waals surface area contributed by atoms with Gasteiger partial charge < -0.3 is 0 Å². The summed E-state index contributed by atoms with van der Waals surface area (Å²) in [5.41, 5.74) is 0.0892. The van der Waals surface area contributed by atoms with Crippen LogP contribution in [0.4, 0.5) is 5.69 Å². The number of fused-ring (bicyclic) bond motifs is 5. The molecule has 152 valence electrons. The number of nitrogens with zero attached hydrogens (tertiary/aromatic N) is 3. The number of imide groups is 1. The van der Waals surface area contributed by atoms with Crippen LogP contribution in [-0.4, -0.2) is 37.0 Å². The van der Waals surface area contributed by atoms with Crippen LogP contribution in [0.2, 0.25) is 5.02 Å². The summed E-state index contributed by atoms with van der Waals surface area (Å²) < 4.78 is 0.0664. The molecule has 4 atom stereocenters. The van der Waals surface area contributed by atoms with E-state index < -0.39 is 34.5 Å². The highest BCUT2D eigenvalue weighted by Gasteiger charge is 2.62. The van der Waals surface area contributed by atoms with Crippen LogP contribution in [0.1, 0.15) is 12.0 Å². The van der Waals surface area contributed by atoms with Crippen LogP contribution in [0.3, 0.4) is 0 Å². The number of carbonyl (C=O) groups excluding carboxylic acids is 3. The van der Waals surface area contributed by atoms with Gasteiger partial charge in [0.15, 0.2) is 4.32 Å². The van der Waals surface area contributed by atoms with Crippen molar-refractivity contribution in [2.24, 2.45) is 23.7 Å². The van der Waals surface area contributed by atoms with E-state index in [-0.39, 0.29) is 31.8 Å². The van der Waals surface area contributed by atoms with E-state index in [4.69, 9.17) is 23.8 Å². The fraction of sp³-hybridized carbons (Fsp3) is 0.263. The predicted molar refractivity (Wildman–Crippen MR) is 113 cm³/mol. The second-order valence-electron chi connectivity index (χ2n) is 7.45. The third-order valence-electron chi connectivity index (χ3n) is 5.89. The summed E-state index contributed by atoms with van der Waals surface area (Å²) in [4.78, 5) is 49.6. The zero-order valence-corrected chi connectivity index (χ0v) is 17.4. The van der Waals surface area contributed by atoms with E-state index in [0.717, 1.165) is 28.2 Å². The molecular weight excluding hydrogens is 450 g/mol. The van der Waals surface area contributed by atoms with Gasteiger partial charge in [-0.25, -0.2) is 0 Å². The molecule has 5 rings (SSSR count). The molecule has 2 aliphatic heterocycles. The minimum Gasteiger partial charge on any atom is -0.272 e. The lowest BCUT2D eigenvalue weighted by Crippen LogP contribution is -2.49. The van der Waals surface area contributed by atoms with Crippen molar-refractivity contribution in [3.63, 3.8) is 0 Å². The summed E-state index contributed by atoms with van der Waals surface area (Å²) in [6.45, 7) is 0. The average molecular weight is 462 g/mol. The lowest BCUT2D eigenvalue weighted by Gasteiger charge is -2.25. The first-order valence-electron chi connectivity index (χ1n) is 9.06. The standard InChI is InChI=1S/C19H12ClN3O5S2/c20-11-4-1-8(5-12(11)23(27)28)6-13-16(24)22(19(29)30-13)21-17(25)14-9-2-3-10(7-9)15(14)18(21)26/h1-6,9-10,14-15H,7H2/b13-6+/t9-,10-,14-,15-/m0/s1. The molecule has 0 radical (unpaired) electrons. The van der Waals surface area contributed by atoms with E-state index in [2.05, 4.69) is 0 Å². The van der Waals surface area contributed by atoms with Crippen molar-refractivity contribution < 1.29 is 19.3 Å². The van der Waals surface area contributed by atoms with Crippen LogP contribution in [0.25, 0.3) is 6.08 Å². The van der Waals surface area contributed by atoms with Crippen LogP contribution in [-0.2, 0) is 14.4 Å². The SMILES string of the molecule is O=C1/C(=C\c2ccc(Cl)c([N+](=O)[O-])c2)SC(=S)N1N1C(=O)[C@@H]2[C@@H](C1=O)[C@H]1C=C[C@H]2C1. The van der Waals surface area contributed by atoms with Gasteiger partial charge in [-0.3, -0.25) is 24.5 Å². The van der Waals surface area contributed by atoms with Crippen molar-refractivity contribution >= 4 is 69.4 Å². The number of thioether (sulfide) groups is 1. The molecule has 3 amide bonds. The Morgan fingerprint density at radius 1 is 1.13 bits per heavy atom. The molecule has 3 fully saturated rings. The Morgan fingerprint density at radius 2 is 1.77 bits per heavy atom. The zero-order valence-electron chi connectivity index (χ0n) is 15.1. The largest absolute Gasteiger partial charge is 0.288 e. The van der Waals surface area contributed by atoms with Crippen molar-refractivity contribution in [1.82, 2.24) is 10.0 Å². The average Bonchev–Trinajstić information content (AvgIpc) is 3.43. The molecule has 0 aromatic heterocycles. The number of halogens is 1. The molecule has 0 unspecified atom stereocenters. The number of thiocarbonyl (C=S) groups is 1. The lowest BCUT2D eigenvalue weighted by molar-refractivity contribution is -0.384. The maximum Gasteiger partial charge on any atom is 0.288 e. The highest BCUT2D eigenvalue weighted by Crippen LogP contribution is 2.53. The number of nitro benzene ring substituents is 1. The Bertz CT molecular complexity index is 1100. The summed E-state index contributed by atoms with van der Waals surface area (Å²) in [5, 5.41) is 12.9. The summed E-state index contributed by atoms with van der Waals surface area (Å²) in [6.07, 6.45) is 6.16. The zero-order chi connectivity index (χ0) is 21.3. The first-order valence-corrected chi connectivity index (χ1v) is 10.7. The van der Waals surface area contributed by atoms with Crippen molar-refractivity contribution in [3.8, 4) is 0 Å². The molecule has 8 nitrogen and oxygen atoms in total. The highest BCUT2D eigenvalue weighted by atomic mass is 35.5. The maximum atomic E-state index is 13.0. The van der Waals surface area contributed by atoms with Gasteiger partial charge in [-0.05, 0) is 48.2 Å². The van der Waals surface area contributed by atoms with E-state index in [0.29, 0.717) is 5.56 Å². The summed E-state index contributed by atoms with van der Waals surface area (Å²) in [5.74, 6) is -2.26. The number of rotatable bonds is 3. The number of nitro groups is 1. The van der Waals surface area contributed by atoms with Crippen molar-refractivity contribution in [1.29, 1.82) is 0 Å². The van der Waals surface area contributed by atoms with Gasteiger partial charge in [0.2, 0.25) is 0 Å². The Balaban J connectivity index is 1.45. The van der Waals surface area contributed by atoms with Gasteiger partial charge in [0.25, 0.3) is 23.4 Å². The third-order valence-corrected chi connectivity index (χ3v) is 7.49. The monoisotopic (exact) mass is 461 g/mol. The van der Waals surface area contributed by atoms with Gasteiger partial charge in [-0.15, -0.1) is 0 Å². The topological polar surface area (TPSA) is 101 Å². The second-order valence-corrected chi connectivity index (χ2v) is 9.53. The highest BCUT2D eigenvalue weighted by molar-refractivity contribution is 8.26. The maximum absolute atomic E-state index is 13.0. The lowest BCUT2D eigenvalue weighted by atomic mass is 9.85. The molecule has 2 heterocycles. The second kappa shape index (κ2) is 6.73. The molecule has 30 heavy (non-hydrogen) atoms. The molecule has 1 aromatic carbocycles. The number of carbonyl (C=O) groups is 3. The fourth-order valence-electron chi connectivity index (χ4n) is 4.63. The minimum atomic E-state index is -0.618. The van der Waals surface area contributed by atoms with E-state index in [1.54, 1.807) is 0 Å². The molecule has 1 aromatic rings. The number of amides is 3. The van der Waals surface area contributed by atoms with Crippen LogP contribution >= 0.6 is 35.6 Å². The quantitative estimate of drug-likeness (QED) is 0.170. The number of hydrazine groups is 1. The number of hydrogen-bond donors (Lipinski definition) is 0. The van der Waals surface area contributed by atoms with Crippen molar-refractivity contribution in [2.75, 3.05) is 0 Å². The minimum absolute atomic E-state index is 0.0185. The first-order chi connectivity index (χ1) is 14.3. The summed E-state index contributed by atoms with van der Waals surface area (Å²) in [6, 6.07) is 4.14. The number of hydrogen-bond acceptors (Lipinski definition) is 7. The van der Waals surface area contributed by atoms with E-state index in [1.165, 1.54) is 24.3 Å². The van der Waals surface area contributed by atoms with Gasteiger partial charge in [-0.2, -0.15) is 10.0 Å². The van der Waals surface area contributed by atoms with Gasteiger partial charge in [0.1, 0.15) is 5.02 Å². The van der Waals surface area contributed by atoms with Gasteiger partial charge in [-0.1, -0.05) is 41.6 Å². The molecule has 2 aliphatic carbocycles. The van der Waals surface area contributed by atoms with Crippen LogP contribution < -0.4 is 0 Å². The van der Waals surface area contributed by atoms with Gasteiger partial charge >= 0.3 is 0 Å². The van der Waals surface area contributed by atoms with Gasteiger partial charge in [0, 0.05) is 6.07 Å². The van der Waals surface area contributed by atoms with E-state index in [9.17, 15) is 24.5 Å². The Hall–Kier alpha value is -2.56. The van der Waals surface area contributed by atoms with Crippen LogP contribution in [0.15, 0.2) is 35.3 Å². The number of benzene rings is 1. The molecular formula is C19H12ClN3O5S2. The van der Waals surface area contributed by atoms with Crippen molar-refractivity contribution in [2.45, 2.75) is 6.42 Å². The van der Waals surface area contributed by atoms with E-state index in [1.807, 2.05) is 12.2 Å². The molecule has 4 aliphatic rings. The smallest absolute Gasteiger partial charge is 0.272 e. The molecule has 11 heteroatoms. The molecule has 2 saturated heterocycles. The molecule has 2 bridgehead atoms. The molecule has 0 N–H and O–H groups in total.